The van der Waals surface area contributed by atoms with Crippen LogP contribution in [0.4, 0.5) is 24.7 Å². The summed E-state index contributed by atoms with van der Waals surface area (Å²) in [5, 5.41) is 11.2. The van der Waals surface area contributed by atoms with Crippen molar-refractivity contribution in [3.63, 3.8) is 0 Å². The first kappa shape index (κ1) is 21.6. The lowest BCUT2D eigenvalue weighted by Gasteiger charge is -2.16. The fourth-order valence-corrected chi connectivity index (χ4v) is 3.77. The van der Waals surface area contributed by atoms with E-state index >= 15 is 0 Å². The number of rotatable bonds is 5. The highest BCUT2D eigenvalue weighted by Crippen LogP contribution is 2.33. The number of alkyl halides is 3. The van der Waals surface area contributed by atoms with Crippen molar-refractivity contribution in [2.75, 3.05) is 11.1 Å². The number of aryl methyl sites for hydroxylation is 1. The third kappa shape index (κ3) is 3.85. The maximum absolute atomic E-state index is 13.1. The average Bonchev–Trinajstić information content (AvgIpc) is 3.33. The van der Waals surface area contributed by atoms with Gasteiger partial charge in [-0.25, -0.2) is 0 Å². The fourth-order valence-electron chi connectivity index (χ4n) is 3.77. The molecule has 3 N–H and O–H groups in total. The largest absolute Gasteiger partial charge is 0.416 e. The van der Waals surface area contributed by atoms with Gasteiger partial charge in [0.05, 0.1) is 24.3 Å². The molecule has 1 aliphatic heterocycles. The summed E-state index contributed by atoms with van der Waals surface area (Å²) in [4.78, 5) is 18.8. The molecular formula is C21H22F3N7O. The molecule has 1 aliphatic rings. The molecule has 0 spiro atoms. The number of nitrogens with zero attached hydrogens (tertiary/aromatic N) is 5. The first-order valence-electron chi connectivity index (χ1n) is 9.99. The predicted octanol–water partition coefficient (Wildman–Crippen LogP) is 3.45. The maximum Gasteiger partial charge on any atom is 0.416 e. The summed E-state index contributed by atoms with van der Waals surface area (Å²) in [6, 6.07) is 3.42. The first-order chi connectivity index (χ1) is 15.1. The fraction of sp³-hybridized carbons (Fsp3) is 0.333. The summed E-state index contributed by atoms with van der Waals surface area (Å²) in [5.41, 5.74) is 7.30. The van der Waals surface area contributed by atoms with E-state index in [0.29, 0.717) is 48.1 Å². The number of carbonyl (C=O) groups excluding carboxylic acids is 1. The monoisotopic (exact) mass is 445 g/mol. The second kappa shape index (κ2) is 7.81. The first-order valence-corrected chi connectivity index (χ1v) is 9.99. The van der Waals surface area contributed by atoms with E-state index in [1.54, 1.807) is 16.2 Å². The number of benzene rings is 1. The van der Waals surface area contributed by atoms with Gasteiger partial charge in [-0.1, -0.05) is 13.5 Å². The number of fused-ring (bicyclic) bond motifs is 3. The number of nitrogens with two attached hydrogens (primary N) is 1. The van der Waals surface area contributed by atoms with Gasteiger partial charge >= 0.3 is 6.18 Å². The van der Waals surface area contributed by atoms with Gasteiger partial charge in [0.25, 0.3) is 5.78 Å². The standard InChI is InChI=1S/C21H22F3N7O/c1-4-11(2)19(32)30-9-16-17(10-30)31-12(3)28-29-20(31)27-18(16)26-8-13-5-14(21(22,23)24)7-15(25)6-13/h5-7H,2,4,8-10,25H2,1,3H3,(H,26,27,29). The van der Waals surface area contributed by atoms with Gasteiger partial charge in [-0.05, 0) is 37.1 Å². The summed E-state index contributed by atoms with van der Waals surface area (Å²) < 4.78 is 41.2. The molecule has 0 unspecified atom stereocenters. The summed E-state index contributed by atoms with van der Waals surface area (Å²) in [5.74, 6) is 1.26. The third-order valence-corrected chi connectivity index (χ3v) is 5.43. The molecule has 0 bridgehead atoms. The Morgan fingerprint density at radius 3 is 2.69 bits per heavy atom. The van der Waals surface area contributed by atoms with Crippen LogP contribution in [0, 0.1) is 6.92 Å². The number of amides is 1. The van der Waals surface area contributed by atoms with E-state index in [9.17, 15) is 18.0 Å². The van der Waals surface area contributed by atoms with Crippen molar-refractivity contribution >= 4 is 23.2 Å². The lowest BCUT2D eigenvalue weighted by atomic mass is 10.1. The summed E-state index contributed by atoms with van der Waals surface area (Å²) in [6.07, 6.45) is -3.96. The summed E-state index contributed by atoms with van der Waals surface area (Å²) >= 11 is 0. The number of hydrogen-bond donors (Lipinski definition) is 2. The SMILES string of the molecule is C=C(CC)C(=O)N1Cc2c(NCc3cc(N)cc(C(F)(F)F)c3)nc3nnc(C)n3c2C1. The van der Waals surface area contributed by atoms with Gasteiger partial charge in [0, 0.05) is 23.4 Å². The average molecular weight is 445 g/mol. The Morgan fingerprint density at radius 2 is 2.00 bits per heavy atom. The molecule has 3 heterocycles. The van der Waals surface area contributed by atoms with Crippen LogP contribution in [-0.4, -0.2) is 30.4 Å². The lowest BCUT2D eigenvalue weighted by Crippen LogP contribution is -2.26. The van der Waals surface area contributed by atoms with Crippen molar-refractivity contribution in [3.8, 4) is 0 Å². The van der Waals surface area contributed by atoms with Gasteiger partial charge in [-0.3, -0.25) is 9.20 Å². The Labute approximate surface area is 181 Å². The van der Waals surface area contributed by atoms with Gasteiger partial charge in [0.2, 0.25) is 5.91 Å². The summed E-state index contributed by atoms with van der Waals surface area (Å²) in [7, 11) is 0. The molecule has 0 saturated carbocycles. The molecule has 3 aromatic rings. The molecule has 1 amide bonds. The topological polar surface area (TPSA) is 101 Å². The smallest absolute Gasteiger partial charge is 0.399 e. The minimum Gasteiger partial charge on any atom is -0.399 e. The molecule has 32 heavy (non-hydrogen) atoms. The van der Waals surface area contributed by atoms with E-state index in [-0.39, 0.29) is 18.1 Å². The molecule has 0 fully saturated rings. The molecule has 4 rings (SSSR count). The minimum absolute atomic E-state index is 0.0215. The van der Waals surface area contributed by atoms with Crippen LogP contribution in [0.2, 0.25) is 0 Å². The van der Waals surface area contributed by atoms with E-state index in [2.05, 4.69) is 27.1 Å². The van der Waals surface area contributed by atoms with Crippen molar-refractivity contribution in [2.45, 2.75) is 46.1 Å². The zero-order valence-electron chi connectivity index (χ0n) is 17.6. The van der Waals surface area contributed by atoms with Crippen LogP contribution in [0.15, 0.2) is 30.4 Å². The van der Waals surface area contributed by atoms with Crippen molar-refractivity contribution in [3.05, 3.63) is 58.6 Å². The van der Waals surface area contributed by atoms with E-state index in [1.165, 1.54) is 6.07 Å². The van der Waals surface area contributed by atoms with Crippen LogP contribution in [-0.2, 0) is 30.6 Å². The quantitative estimate of drug-likeness (QED) is 0.461. The van der Waals surface area contributed by atoms with E-state index in [0.717, 1.165) is 23.4 Å². The highest BCUT2D eigenvalue weighted by atomic mass is 19.4. The lowest BCUT2D eigenvalue weighted by molar-refractivity contribution is -0.137. The second-order valence-corrected chi connectivity index (χ2v) is 7.70. The van der Waals surface area contributed by atoms with Gasteiger partial charge in [-0.15, -0.1) is 10.2 Å². The van der Waals surface area contributed by atoms with Crippen molar-refractivity contribution < 1.29 is 18.0 Å². The van der Waals surface area contributed by atoms with Crippen LogP contribution < -0.4 is 11.1 Å². The molecule has 1 aromatic carbocycles. The molecule has 168 valence electrons. The van der Waals surface area contributed by atoms with E-state index < -0.39 is 11.7 Å². The molecule has 0 radical (unpaired) electrons. The highest BCUT2D eigenvalue weighted by Gasteiger charge is 2.32. The number of halogens is 3. The Bertz CT molecular complexity index is 1230. The van der Waals surface area contributed by atoms with Crippen molar-refractivity contribution in [1.82, 2.24) is 24.5 Å². The molecule has 2 aromatic heterocycles. The number of carbonyl (C=O) groups is 1. The van der Waals surface area contributed by atoms with Crippen LogP contribution in [0.5, 0.6) is 0 Å². The van der Waals surface area contributed by atoms with E-state index in [1.807, 2.05) is 6.92 Å². The molecule has 11 heteroatoms. The van der Waals surface area contributed by atoms with Crippen molar-refractivity contribution in [2.24, 2.45) is 0 Å². The zero-order chi connectivity index (χ0) is 23.2. The second-order valence-electron chi connectivity index (χ2n) is 7.70. The zero-order valence-corrected chi connectivity index (χ0v) is 17.6. The Balaban J connectivity index is 1.68. The summed E-state index contributed by atoms with van der Waals surface area (Å²) in [6.45, 7) is 8.16. The number of anilines is 2. The number of nitrogen functional groups attached to an aromatic ring is 1. The number of aromatic nitrogens is 4. The predicted molar refractivity (Wildman–Crippen MR) is 112 cm³/mol. The molecule has 8 nitrogen and oxygen atoms in total. The Kier molecular flexibility index (Phi) is 5.27. The normalized spacial score (nSPS) is 13.5. The maximum atomic E-state index is 13.1. The number of hydrogen-bond acceptors (Lipinski definition) is 6. The molecule has 0 saturated heterocycles. The van der Waals surface area contributed by atoms with Gasteiger partial charge in [0.1, 0.15) is 11.6 Å². The van der Waals surface area contributed by atoms with Crippen LogP contribution in [0.3, 0.4) is 0 Å². The molecule has 0 aliphatic carbocycles. The van der Waals surface area contributed by atoms with Gasteiger partial charge in [0.15, 0.2) is 0 Å². The number of nitrogens with one attached hydrogen (secondary N) is 1. The van der Waals surface area contributed by atoms with E-state index in [4.69, 9.17) is 5.73 Å². The van der Waals surface area contributed by atoms with Gasteiger partial charge in [-0.2, -0.15) is 18.2 Å². The Morgan fingerprint density at radius 1 is 1.25 bits per heavy atom. The molecule has 0 atom stereocenters. The van der Waals surface area contributed by atoms with Crippen LogP contribution in [0.25, 0.3) is 5.78 Å². The van der Waals surface area contributed by atoms with Gasteiger partial charge < -0.3 is 16.0 Å². The molecular weight excluding hydrogens is 423 g/mol. The Hall–Kier alpha value is -3.63. The third-order valence-electron chi connectivity index (χ3n) is 5.43. The van der Waals surface area contributed by atoms with Crippen LogP contribution >= 0.6 is 0 Å². The minimum atomic E-state index is -4.50. The highest BCUT2D eigenvalue weighted by molar-refractivity contribution is 5.93. The van der Waals surface area contributed by atoms with Crippen LogP contribution in [0.1, 0.15) is 41.6 Å². The van der Waals surface area contributed by atoms with Crippen molar-refractivity contribution in [1.29, 1.82) is 0 Å².